The summed E-state index contributed by atoms with van der Waals surface area (Å²) in [5.74, 6) is 0.354. The first-order chi connectivity index (χ1) is 12.4. The molecule has 0 aliphatic carbocycles. The molecule has 0 bridgehead atoms. The lowest BCUT2D eigenvalue weighted by atomic mass is 10.1. The molecule has 136 valence electrons. The van der Waals surface area contributed by atoms with Crippen LogP contribution in [0.25, 0.3) is 11.0 Å². The number of hydrogen-bond donors (Lipinski definition) is 1. The van der Waals surface area contributed by atoms with Crippen molar-refractivity contribution in [1.29, 1.82) is 0 Å². The Morgan fingerprint density at radius 1 is 1.35 bits per heavy atom. The van der Waals surface area contributed by atoms with Crippen LogP contribution >= 0.6 is 23.1 Å². The number of anilines is 1. The molecule has 0 fully saturated rings. The van der Waals surface area contributed by atoms with Crippen molar-refractivity contribution in [2.75, 3.05) is 5.32 Å². The van der Waals surface area contributed by atoms with Gasteiger partial charge >= 0.3 is 5.63 Å². The van der Waals surface area contributed by atoms with Crippen LogP contribution in [-0.2, 0) is 10.5 Å². The van der Waals surface area contributed by atoms with Crippen molar-refractivity contribution < 1.29 is 13.9 Å². The zero-order valence-corrected chi connectivity index (χ0v) is 16.1. The third kappa shape index (κ3) is 4.61. The van der Waals surface area contributed by atoms with Gasteiger partial charge in [0, 0.05) is 35.9 Å². The molecule has 3 rings (SSSR count). The molecule has 0 radical (unpaired) electrons. The summed E-state index contributed by atoms with van der Waals surface area (Å²) in [4.78, 5) is 23.0. The van der Waals surface area contributed by atoms with E-state index in [9.17, 15) is 9.59 Å². The molecule has 1 amide bonds. The molecule has 0 saturated carbocycles. The molecule has 3 aromatic rings. The average molecular weight is 391 g/mol. The van der Waals surface area contributed by atoms with Gasteiger partial charge in [0.15, 0.2) is 4.34 Å². The second kappa shape index (κ2) is 7.88. The highest BCUT2D eigenvalue weighted by molar-refractivity contribution is 8.00. The SMILES string of the molecule is CC(=O)Nc1ccc2c(CSc3nnc(OC(C)C)s3)cc(=O)oc2c1. The number of carbonyl (C=O) groups excluding carboxylic acids is 1. The van der Waals surface area contributed by atoms with Gasteiger partial charge < -0.3 is 14.5 Å². The van der Waals surface area contributed by atoms with Crippen LogP contribution in [0.1, 0.15) is 26.3 Å². The summed E-state index contributed by atoms with van der Waals surface area (Å²) >= 11 is 2.84. The van der Waals surface area contributed by atoms with E-state index in [0.717, 1.165) is 15.3 Å². The average Bonchev–Trinajstić information content (AvgIpc) is 2.98. The van der Waals surface area contributed by atoms with E-state index in [1.807, 2.05) is 19.9 Å². The predicted molar refractivity (Wildman–Crippen MR) is 102 cm³/mol. The van der Waals surface area contributed by atoms with E-state index in [0.29, 0.717) is 22.2 Å². The number of aromatic nitrogens is 2. The molecule has 0 unspecified atom stereocenters. The Balaban J connectivity index is 1.82. The number of carbonyl (C=O) groups is 1. The van der Waals surface area contributed by atoms with Crippen LogP contribution in [0.3, 0.4) is 0 Å². The molecule has 1 aromatic carbocycles. The first-order valence-corrected chi connectivity index (χ1v) is 9.68. The number of thioether (sulfide) groups is 1. The van der Waals surface area contributed by atoms with Crippen LogP contribution in [0.15, 0.2) is 37.8 Å². The molecule has 0 aliphatic rings. The maximum atomic E-state index is 11.9. The second-order valence-electron chi connectivity index (χ2n) is 5.77. The van der Waals surface area contributed by atoms with Crippen molar-refractivity contribution in [3.05, 3.63) is 40.2 Å². The summed E-state index contributed by atoms with van der Waals surface area (Å²) in [7, 11) is 0. The molecule has 9 heteroatoms. The molecule has 0 saturated heterocycles. The molecule has 2 heterocycles. The fourth-order valence-corrected chi connectivity index (χ4v) is 4.07. The lowest BCUT2D eigenvalue weighted by Crippen LogP contribution is -2.06. The molecule has 7 nitrogen and oxygen atoms in total. The van der Waals surface area contributed by atoms with Crippen molar-refractivity contribution in [1.82, 2.24) is 10.2 Å². The number of nitrogens with zero attached hydrogens (tertiary/aromatic N) is 2. The minimum atomic E-state index is -0.436. The molecule has 0 aliphatic heterocycles. The Kier molecular flexibility index (Phi) is 5.58. The number of ether oxygens (including phenoxy) is 1. The van der Waals surface area contributed by atoms with Gasteiger partial charge in [0.1, 0.15) is 5.58 Å². The van der Waals surface area contributed by atoms with Crippen LogP contribution in [0.5, 0.6) is 5.19 Å². The molecule has 26 heavy (non-hydrogen) atoms. The third-order valence-electron chi connectivity index (χ3n) is 3.23. The van der Waals surface area contributed by atoms with Gasteiger partial charge in [0.2, 0.25) is 5.91 Å². The van der Waals surface area contributed by atoms with Gasteiger partial charge in [-0.15, -0.1) is 5.10 Å². The zero-order valence-electron chi connectivity index (χ0n) is 14.4. The van der Waals surface area contributed by atoms with Gasteiger partial charge in [0.25, 0.3) is 5.19 Å². The van der Waals surface area contributed by atoms with Gasteiger partial charge in [-0.05, 0) is 42.9 Å². The fourth-order valence-electron chi connectivity index (χ4n) is 2.27. The van der Waals surface area contributed by atoms with E-state index < -0.39 is 5.63 Å². The molecule has 1 N–H and O–H groups in total. The van der Waals surface area contributed by atoms with Crippen molar-refractivity contribution >= 4 is 45.7 Å². The molecule has 0 atom stereocenters. The third-order valence-corrected chi connectivity index (χ3v) is 5.22. The number of rotatable bonds is 6. The monoisotopic (exact) mass is 391 g/mol. The summed E-state index contributed by atoms with van der Waals surface area (Å²) < 4.78 is 11.5. The summed E-state index contributed by atoms with van der Waals surface area (Å²) in [6.07, 6.45) is 0.0429. The molecular weight excluding hydrogens is 374 g/mol. The smallest absolute Gasteiger partial charge is 0.336 e. The summed E-state index contributed by atoms with van der Waals surface area (Å²) in [5.41, 5.74) is 1.41. The molecule has 2 aromatic heterocycles. The maximum Gasteiger partial charge on any atom is 0.336 e. The van der Waals surface area contributed by atoms with Gasteiger partial charge in [-0.3, -0.25) is 4.79 Å². The Bertz CT molecular complexity index is 997. The Morgan fingerprint density at radius 2 is 2.15 bits per heavy atom. The number of benzene rings is 1. The standard InChI is InChI=1S/C17H17N3O4S2/c1-9(2)23-16-19-20-17(26-16)25-8-11-6-15(22)24-14-7-12(18-10(3)21)4-5-13(11)14/h4-7,9H,8H2,1-3H3,(H,18,21). The van der Waals surface area contributed by atoms with Crippen LogP contribution in [0, 0.1) is 0 Å². The van der Waals surface area contributed by atoms with Gasteiger partial charge in [-0.25, -0.2) is 4.79 Å². The highest BCUT2D eigenvalue weighted by Gasteiger charge is 2.11. The number of hydrogen-bond acceptors (Lipinski definition) is 8. The van der Waals surface area contributed by atoms with Crippen molar-refractivity contribution in [2.45, 2.75) is 37.0 Å². The first kappa shape index (κ1) is 18.4. The molecular formula is C17H17N3O4S2. The highest BCUT2D eigenvalue weighted by atomic mass is 32.2. The van der Waals surface area contributed by atoms with Crippen LogP contribution in [-0.4, -0.2) is 22.2 Å². The summed E-state index contributed by atoms with van der Waals surface area (Å²) in [6, 6.07) is 6.72. The Labute approximate surface area is 157 Å². The lowest BCUT2D eigenvalue weighted by molar-refractivity contribution is -0.114. The van der Waals surface area contributed by atoms with Gasteiger partial charge in [0.05, 0.1) is 6.10 Å². The fraction of sp³-hybridized carbons (Fsp3) is 0.294. The van der Waals surface area contributed by atoms with Crippen LogP contribution < -0.4 is 15.7 Å². The summed E-state index contributed by atoms with van der Waals surface area (Å²) in [6.45, 7) is 5.28. The van der Waals surface area contributed by atoms with Crippen molar-refractivity contribution in [3.8, 4) is 5.19 Å². The van der Waals surface area contributed by atoms with E-state index in [4.69, 9.17) is 9.15 Å². The van der Waals surface area contributed by atoms with Gasteiger partial charge in [-0.1, -0.05) is 16.9 Å². The number of fused-ring (bicyclic) bond motifs is 1. The highest BCUT2D eigenvalue weighted by Crippen LogP contribution is 2.32. The number of amides is 1. The normalized spacial score (nSPS) is 11.1. The maximum absolute atomic E-state index is 11.9. The van der Waals surface area contributed by atoms with Gasteiger partial charge in [-0.2, -0.15) is 0 Å². The van der Waals surface area contributed by atoms with E-state index in [1.165, 1.54) is 36.1 Å². The zero-order chi connectivity index (χ0) is 18.7. The predicted octanol–water partition coefficient (Wildman–Crippen LogP) is 3.68. The van der Waals surface area contributed by atoms with Crippen LogP contribution in [0.4, 0.5) is 5.69 Å². The van der Waals surface area contributed by atoms with E-state index in [2.05, 4.69) is 15.5 Å². The minimum absolute atomic E-state index is 0.0429. The van der Waals surface area contributed by atoms with E-state index in [1.54, 1.807) is 12.1 Å². The van der Waals surface area contributed by atoms with Crippen LogP contribution in [0.2, 0.25) is 0 Å². The largest absolute Gasteiger partial charge is 0.466 e. The van der Waals surface area contributed by atoms with Crippen molar-refractivity contribution in [3.63, 3.8) is 0 Å². The quantitative estimate of drug-likeness (QED) is 0.506. The topological polar surface area (TPSA) is 94.3 Å². The van der Waals surface area contributed by atoms with Crippen molar-refractivity contribution in [2.24, 2.45) is 0 Å². The minimum Gasteiger partial charge on any atom is -0.466 e. The second-order valence-corrected chi connectivity index (χ2v) is 7.93. The Hall–Kier alpha value is -2.39. The van der Waals surface area contributed by atoms with E-state index >= 15 is 0 Å². The molecule has 0 spiro atoms. The number of nitrogens with one attached hydrogen (secondary N) is 1. The summed E-state index contributed by atoms with van der Waals surface area (Å²) in [5, 5.41) is 12.1. The first-order valence-electron chi connectivity index (χ1n) is 7.88. The van der Waals surface area contributed by atoms with E-state index in [-0.39, 0.29) is 12.0 Å². The Morgan fingerprint density at radius 3 is 2.88 bits per heavy atom. The lowest BCUT2D eigenvalue weighted by Gasteiger charge is -2.07.